The summed E-state index contributed by atoms with van der Waals surface area (Å²) in [7, 11) is -3.87. The van der Waals surface area contributed by atoms with E-state index in [9.17, 15) is 13.2 Å². The number of ether oxygens (including phenoxy) is 1. The van der Waals surface area contributed by atoms with Gasteiger partial charge in [-0.25, -0.2) is 18.4 Å². The van der Waals surface area contributed by atoms with E-state index in [1.165, 1.54) is 6.07 Å². The second-order valence-electron chi connectivity index (χ2n) is 5.81. The Hall–Kier alpha value is -1.40. The zero-order valence-electron chi connectivity index (χ0n) is 13.1. The van der Waals surface area contributed by atoms with Crippen molar-refractivity contribution >= 4 is 16.0 Å². The molecule has 1 aromatic rings. The molecule has 0 aliphatic rings. The highest BCUT2D eigenvalue weighted by Crippen LogP contribution is 2.21. The third-order valence-electron chi connectivity index (χ3n) is 3.27. The fourth-order valence-corrected chi connectivity index (χ4v) is 3.08. The van der Waals surface area contributed by atoms with Crippen LogP contribution in [-0.2, 0) is 14.8 Å². The van der Waals surface area contributed by atoms with Crippen LogP contribution in [0.15, 0.2) is 17.0 Å². The Balaban J connectivity index is 3.09. The van der Waals surface area contributed by atoms with Crippen molar-refractivity contribution in [2.45, 2.75) is 52.0 Å². The van der Waals surface area contributed by atoms with Crippen LogP contribution in [0.3, 0.4) is 0 Å². The second-order valence-corrected chi connectivity index (χ2v) is 7.34. The normalized spacial score (nSPS) is 13.3. The highest BCUT2D eigenvalue weighted by atomic mass is 32.2. The molecule has 2 N–H and O–H groups in total. The molecule has 1 atom stereocenters. The first-order valence-electron chi connectivity index (χ1n) is 6.87. The Morgan fingerprint density at radius 3 is 2.29 bits per heavy atom. The summed E-state index contributed by atoms with van der Waals surface area (Å²) in [5.74, 6) is -0.122. The summed E-state index contributed by atoms with van der Waals surface area (Å²) in [5.41, 5.74) is 1.44. The third kappa shape index (κ3) is 4.82. The standard InChI is InChI=1S/C15H23NO4S/c1-9(2)6-11(4)20-15(17)13-7-10(3)12(5)14(8-13)21(16,18)19/h7-9,11H,6H2,1-5H3,(H2,16,18,19). The molecule has 0 saturated heterocycles. The minimum atomic E-state index is -3.87. The van der Waals surface area contributed by atoms with Crippen LogP contribution in [0.4, 0.5) is 0 Å². The van der Waals surface area contributed by atoms with Gasteiger partial charge in [0.15, 0.2) is 0 Å². The third-order valence-corrected chi connectivity index (χ3v) is 4.31. The number of primary sulfonamides is 1. The monoisotopic (exact) mass is 313 g/mol. The minimum Gasteiger partial charge on any atom is -0.459 e. The van der Waals surface area contributed by atoms with Crippen LogP contribution in [-0.4, -0.2) is 20.5 Å². The molecule has 0 fully saturated rings. The van der Waals surface area contributed by atoms with Crippen molar-refractivity contribution < 1.29 is 17.9 Å². The van der Waals surface area contributed by atoms with Gasteiger partial charge in [-0.05, 0) is 56.4 Å². The van der Waals surface area contributed by atoms with Gasteiger partial charge in [0.2, 0.25) is 10.0 Å². The molecule has 0 radical (unpaired) electrons. The number of nitrogens with two attached hydrogens (primary N) is 1. The van der Waals surface area contributed by atoms with Crippen molar-refractivity contribution in [3.05, 3.63) is 28.8 Å². The quantitative estimate of drug-likeness (QED) is 0.846. The molecule has 6 heteroatoms. The molecule has 0 spiro atoms. The first-order valence-corrected chi connectivity index (χ1v) is 8.42. The van der Waals surface area contributed by atoms with Crippen LogP contribution >= 0.6 is 0 Å². The molecule has 0 aliphatic carbocycles. The molecule has 0 bridgehead atoms. The van der Waals surface area contributed by atoms with Crippen molar-refractivity contribution in [3.63, 3.8) is 0 Å². The van der Waals surface area contributed by atoms with Gasteiger partial charge in [-0.2, -0.15) is 0 Å². The number of rotatable bonds is 5. The second kappa shape index (κ2) is 6.58. The Kier molecular flexibility index (Phi) is 5.53. The molecular weight excluding hydrogens is 290 g/mol. The Labute approximate surface area is 126 Å². The first kappa shape index (κ1) is 17.7. The van der Waals surface area contributed by atoms with E-state index in [-0.39, 0.29) is 16.6 Å². The van der Waals surface area contributed by atoms with Crippen LogP contribution in [0.1, 0.15) is 48.7 Å². The average molecular weight is 313 g/mol. The fourth-order valence-electron chi connectivity index (χ4n) is 2.20. The van der Waals surface area contributed by atoms with Crippen molar-refractivity contribution in [2.75, 3.05) is 0 Å². The van der Waals surface area contributed by atoms with Crippen LogP contribution < -0.4 is 5.14 Å². The average Bonchev–Trinajstić information content (AvgIpc) is 2.29. The summed E-state index contributed by atoms with van der Waals surface area (Å²) >= 11 is 0. The molecule has 5 nitrogen and oxygen atoms in total. The first-order chi connectivity index (χ1) is 9.52. The number of aryl methyl sites for hydroxylation is 1. The molecule has 0 amide bonds. The van der Waals surface area contributed by atoms with E-state index in [1.807, 2.05) is 20.8 Å². The Bertz CT molecular complexity index is 635. The number of esters is 1. The molecular formula is C15H23NO4S. The maximum absolute atomic E-state index is 12.1. The summed E-state index contributed by atoms with van der Waals surface area (Å²) in [4.78, 5) is 12.1. The molecule has 1 unspecified atom stereocenters. The Morgan fingerprint density at radius 2 is 1.81 bits per heavy atom. The van der Waals surface area contributed by atoms with Crippen LogP contribution in [0.5, 0.6) is 0 Å². The van der Waals surface area contributed by atoms with E-state index in [0.717, 1.165) is 6.42 Å². The van der Waals surface area contributed by atoms with E-state index >= 15 is 0 Å². The van der Waals surface area contributed by atoms with Gasteiger partial charge in [-0.3, -0.25) is 0 Å². The fraction of sp³-hybridized carbons (Fsp3) is 0.533. The lowest BCUT2D eigenvalue weighted by molar-refractivity contribution is 0.0299. The van der Waals surface area contributed by atoms with Crippen molar-refractivity contribution in [2.24, 2.45) is 11.1 Å². The summed E-state index contributed by atoms with van der Waals surface area (Å²) in [6, 6.07) is 2.90. The Morgan fingerprint density at radius 1 is 1.24 bits per heavy atom. The predicted molar refractivity (Wildman–Crippen MR) is 81.6 cm³/mol. The van der Waals surface area contributed by atoms with Gasteiger partial charge >= 0.3 is 5.97 Å². The number of hydrogen-bond donors (Lipinski definition) is 1. The number of carbonyl (C=O) groups is 1. The van der Waals surface area contributed by atoms with Crippen molar-refractivity contribution in [1.82, 2.24) is 0 Å². The zero-order valence-corrected chi connectivity index (χ0v) is 14.0. The predicted octanol–water partition coefficient (Wildman–Crippen LogP) is 2.54. The van der Waals surface area contributed by atoms with E-state index in [1.54, 1.807) is 19.9 Å². The molecule has 0 heterocycles. The summed E-state index contributed by atoms with van der Waals surface area (Å²) in [6.07, 6.45) is 0.524. The number of carbonyl (C=O) groups excluding carboxylic acids is 1. The summed E-state index contributed by atoms with van der Waals surface area (Å²) in [6.45, 7) is 9.29. The minimum absolute atomic E-state index is 0.0361. The van der Waals surface area contributed by atoms with Gasteiger partial charge in [-0.15, -0.1) is 0 Å². The van der Waals surface area contributed by atoms with Crippen LogP contribution in [0, 0.1) is 19.8 Å². The van der Waals surface area contributed by atoms with Gasteiger partial charge < -0.3 is 4.74 Å². The summed E-state index contributed by atoms with van der Waals surface area (Å²) < 4.78 is 28.5. The maximum atomic E-state index is 12.1. The lowest BCUT2D eigenvalue weighted by atomic mass is 10.1. The van der Waals surface area contributed by atoms with Crippen molar-refractivity contribution in [1.29, 1.82) is 0 Å². The van der Waals surface area contributed by atoms with E-state index < -0.39 is 16.0 Å². The molecule has 0 saturated carbocycles. The van der Waals surface area contributed by atoms with Crippen LogP contribution in [0.2, 0.25) is 0 Å². The molecule has 0 aromatic heterocycles. The van der Waals surface area contributed by atoms with Gasteiger partial charge in [0.25, 0.3) is 0 Å². The molecule has 1 rings (SSSR count). The smallest absolute Gasteiger partial charge is 0.338 e. The molecule has 1 aromatic carbocycles. The topological polar surface area (TPSA) is 86.5 Å². The number of benzene rings is 1. The molecule has 118 valence electrons. The van der Waals surface area contributed by atoms with Gasteiger partial charge in [0, 0.05) is 0 Å². The highest BCUT2D eigenvalue weighted by Gasteiger charge is 2.19. The van der Waals surface area contributed by atoms with Crippen molar-refractivity contribution in [3.8, 4) is 0 Å². The number of hydrogen-bond acceptors (Lipinski definition) is 4. The zero-order chi connectivity index (χ0) is 16.4. The summed E-state index contributed by atoms with van der Waals surface area (Å²) in [5, 5.41) is 5.18. The number of sulfonamides is 1. The molecule has 0 aliphatic heterocycles. The largest absolute Gasteiger partial charge is 0.459 e. The van der Waals surface area contributed by atoms with E-state index in [4.69, 9.17) is 9.88 Å². The van der Waals surface area contributed by atoms with Gasteiger partial charge in [-0.1, -0.05) is 13.8 Å². The SMILES string of the molecule is Cc1cc(C(=O)OC(C)CC(C)C)cc(S(N)(=O)=O)c1C. The lowest BCUT2D eigenvalue weighted by Gasteiger charge is -2.16. The van der Waals surface area contributed by atoms with Gasteiger partial charge in [0.1, 0.15) is 0 Å². The van der Waals surface area contributed by atoms with Crippen LogP contribution in [0.25, 0.3) is 0 Å². The van der Waals surface area contributed by atoms with E-state index in [0.29, 0.717) is 17.0 Å². The van der Waals surface area contributed by atoms with Gasteiger partial charge in [0.05, 0.1) is 16.6 Å². The molecule has 21 heavy (non-hydrogen) atoms. The lowest BCUT2D eigenvalue weighted by Crippen LogP contribution is -2.19. The highest BCUT2D eigenvalue weighted by molar-refractivity contribution is 7.89. The van der Waals surface area contributed by atoms with E-state index in [2.05, 4.69) is 0 Å². The maximum Gasteiger partial charge on any atom is 0.338 e.